The number of pyridine rings is 1. The van der Waals surface area contributed by atoms with E-state index in [1.54, 1.807) is 37.5 Å². The lowest BCUT2D eigenvalue weighted by Crippen LogP contribution is -2.04. The number of aromatic amines is 1. The molecule has 1 amide bonds. The maximum Gasteiger partial charge on any atom is 0.241 e. The number of amides is 1. The summed E-state index contributed by atoms with van der Waals surface area (Å²) in [6.07, 6.45) is 6.52. The molecule has 3 aromatic rings. The van der Waals surface area contributed by atoms with Crippen molar-refractivity contribution in [3.63, 3.8) is 0 Å². The number of carbonyl (C=O) groups is 2. The van der Waals surface area contributed by atoms with Crippen molar-refractivity contribution < 1.29 is 9.59 Å². The first-order chi connectivity index (χ1) is 11.0. The Kier molecular flexibility index (Phi) is 3.76. The van der Waals surface area contributed by atoms with Crippen LogP contribution in [-0.2, 0) is 4.79 Å². The van der Waals surface area contributed by atoms with Gasteiger partial charge in [-0.05, 0) is 24.6 Å². The summed E-state index contributed by atoms with van der Waals surface area (Å²) in [7, 11) is 0. The van der Waals surface area contributed by atoms with Crippen LogP contribution in [0.15, 0.2) is 48.8 Å². The molecule has 0 unspecified atom stereocenters. The molecular weight excluding hydrogens is 290 g/mol. The van der Waals surface area contributed by atoms with E-state index in [0.717, 1.165) is 27.7 Å². The number of primary amides is 1. The highest BCUT2D eigenvalue weighted by atomic mass is 16.1. The molecule has 2 aromatic heterocycles. The fourth-order valence-corrected chi connectivity index (χ4v) is 2.39. The fourth-order valence-electron chi connectivity index (χ4n) is 2.39. The largest absolute Gasteiger partial charge is 0.366 e. The molecule has 0 bridgehead atoms. The van der Waals surface area contributed by atoms with Gasteiger partial charge in [0.15, 0.2) is 5.78 Å². The molecule has 5 heteroatoms. The van der Waals surface area contributed by atoms with Gasteiger partial charge in [-0.1, -0.05) is 24.3 Å². The molecule has 0 saturated heterocycles. The molecule has 0 aliphatic rings. The molecule has 114 valence electrons. The summed E-state index contributed by atoms with van der Waals surface area (Å²) in [5, 5.41) is 0.899. The molecule has 0 aliphatic heterocycles. The Morgan fingerprint density at radius 2 is 1.91 bits per heavy atom. The second kappa shape index (κ2) is 5.88. The number of nitrogens with one attached hydrogen (secondary N) is 1. The number of hydrogen-bond donors (Lipinski definition) is 2. The lowest BCUT2D eigenvalue weighted by atomic mass is 10.0. The Labute approximate surface area is 132 Å². The van der Waals surface area contributed by atoms with Crippen LogP contribution in [-0.4, -0.2) is 21.7 Å². The third kappa shape index (κ3) is 3.03. The normalized spacial score (nSPS) is 11.2. The maximum atomic E-state index is 11.3. The number of ketones is 1. The van der Waals surface area contributed by atoms with Crippen LogP contribution in [0.25, 0.3) is 28.2 Å². The fraction of sp³-hybridized carbons (Fsp3) is 0.0556. The van der Waals surface area contributed by atoms with Gasteiger partial charge in [0, 0.05) is 40.5 Å². The maximum absolute atomic E-state index is 11.3. The predicted molar refractivity (Wildman–Crippen MR) is 89.8 cm³/mol. The number of nitrogens with two attached hydrogens (primary N) is 1. The zero-order valence-corrected chi connectivity index (χ0v) is 12.5. The summed E-state index contributed by atoms with van der Waals surface area (Å²) >= 11 is 0. The molecular formula is C18H15N3O2. The average molecular weight is 305 g/mol. The topological polar surface area (TPSA) is 88.8 Å². The van der Waals surface area contributed by atoms with Crippen molar-refractivity contribution in [1.82, 2.24) is 9.97 Å². The Hall–Kier alpha value is -3.21. The minimum absolute atomic E-state index is 0.0367. The monoisotopic (exact) mass is 305 g/mol. The summed E-state index contributed by atoms with van der Waals surface area (Å²) in [6, 6.07) is 9.37. The highest BCUT2D eigenvalue weighted by Crippen LogP contribution is 2.25. The molecule has 2 heterocycles. The number of rotatable bonds is 4. The number of hydrogen-bond acceptors (Lipinski definition) is 3. The van der Waals surface area contributed by atoms with Crippen LogP contribution in [0.3, 0.4) is 0 Å². The van der Waals surface area contributed by atoms with E-state index in [4.69, 9.17) is 5.73 Å². The van der Waals surface area contributed by atoms with Gasteiger partial charge in [0.25, 0.3) is 0 Å². The lowest BCUT2D eigenvalue weighted by molar-refractivity contribution is -0.113. The van der Waals surface area contributed by atoms with Crippen LogP contribution in [0, 0.1) is 0 Å². The second-order valence-corrected chi connectivity index (χ2v) is 5.23. The van der Waals surface area contributed by atoms with Crippen molar-refractivity contribution in [2.75, 3.05) is 0 Å². The molecule has 23 heavy (non-hydrogen) atoms. The van der Waals surface area contributed by atoms with E-state index < -0.39 is 5.91 Å². The van der Waals surface area contributed by atoms with Crippen molar-refractivity contribution in [3.8, 4) is 11.1 Å². The van der Waals surface area contributed by atoms with Gasteiger partial charge < -0.3 is 10.7 Å². The molecule has 0 fully saturated rings. The lowest BCUT2D eigenvalue weighted by Gasteiger charge is -2.03. The Morgan fingerprint density at radius 1 is 1.17 bits per heavy atom. The highest BCUT2D eigenvalue weighted by molar-refractivity contribution is 5.96. The number of H-pyrrole nitrogens is 1. The van der Waals surface area contributed by atoms with Gasteiger partial charge in [0.1, 0.15) is 5.65 Å². The van der Waals surface area contributed by atoms with Crippen molar-refractivity contribution >= 4 is 28.8 Å². The molecule has 1 aromatic carbocycles. The van der Waals surface area contributed by atoms with E-state index in [2.05, 4.69) is 9.97 Å². The van der Waals surface area contributed by atoms with Crippen LogP contribution in [0.5, 0.6) is 0 Å². The molecule has 0 saturated carbocycles. The molecule has 0 atom stereocenters. The van der Waals surface area contributed by atoms with Crippen LogP contribution in [0.4, 0.5) is 0 Å². The van der Waals surface area contributed by atoms with Gasteiger partial charge in [-0.25, -0.2) is 4.98 Å². The molecule has 5 nitrogen and oxygen atoms in total. The van der Waals surface area contributed by atoms with E-state index >= 15 is 0 Å². The van der Waals surface area contributed by atoms with E-state index in [0.29, 0.717) is 5.56 Å². The Morgan fingerprint density at radius 3 is 2.57 bits per heavy atom. The van der Waals surface area contributed by atoms with Gasteiger partial charge in [-0.15, -0.1) is 0 Å². The van der Waals surface area contributed by atoms with E-state index in [1.807, 2.05) is 18.2 Å². The standard InChI is InChI=1S/C18H15N3O2/c1-11(22)12-2-4-13(5-3-12)15-8-16-14(6-7-17(19)23)9-20-18(16)21-10-15/h2-10H,1H3,(H2,19,23)(H,20,21). The smallest absolute Gasteiger partial charge is 0.241 e. The second-order valence-electron chi connectivity index (χ2n) is 5.23. The Balaban J connectivity index is 2.03. The third-order valence-corrected chi connectivity index (χ3v) is 3.62. The van der Waals surface area contributed by atoms with Crippen LogP contribution in [0.1, 0.15) is 22.8 Å². The number of carbonyl (C=O) groups excluding carboxylic acids is 2. The average Bonchev–Trinajstić information content (AvgIpc) is 2.95. The van der Waals surface area contributed by atoms with Crippen LogP contribution in [0.2, 0.25) is 0 Å². The summed E-state index contributed by atoms with van der Waals surface area (Å²) in [5.41, 5.74) is 9.28. The molecule has 3 rings (SSSR count). The van der Waals surface area contributed by atoms with E-state index in [-0.39, 0.29) is 5.78 Å². The van der Waals surface area contributed by atoms with E-state index in [9.17, 15) is 9.59 Å². The van der Waals surface area contributed by atoms with Crippen molar-refractivity contribution in [3.05, 3.63) is 59.9 Å². The minimum atomic E-state index is -0.497. The third-order valence-electron chi connectivity index (χ3n) is 3.62. The van der Waals surface area contributed by atoms with Crippen LogP contribution < -0.4 is 5.73 Å². The van der Waals surface area contributed by atoms with Crippen molar-refractivity contribution in [1.29, 1.82) is 0 Å². The number of nitrogens with zero attached hydrogens (tertiary/aromatic N) is 1. The molecule has 0 radical (unpaired) electrons. The number of aromatic nitrogens is 2. The minimum Gasteiger partial charge on any atom is -0.366 e. The first kappa shape index (κ1) is 14.7. The SMILES string of the molecule is CC(=O)c1ccc(-c2cnc3[nH]cc(C=CC(N)=O)c3c2)cc1. The quantitative estimate of drug-likeness (QED) is 0.573. The zero-order chi connectivity index (χ0) is 16.4. The number of fused-ring (bicyclic) bond motifs is 1. The first-order valence-electron chi connectivity index (χ1n) is 7.10. The molecule has 3 N–H and O–H groups in total. The van der Waals surface area contributed by atoms with Crippen molar-refractivity contribution in [2.45, 2.75) is 6.92 Å². The summed E-state index contributed by atoms with van der Waals surface area (Å²) in [6.45, 7) is 1.54. The summed E-state index contributed by atoms with van der Waals surface area (Å²) in [4.78, 5) is 29.7. The first-order valence-corrected chi connectivity index (χ1v) is 7.10. The van der Waals surface area contributed by atoms with Gasteiger partial charge in [0.2, 0.25) is 5.91 Å². The number of Topliss-reactive ketones (excluding diaryl/α,β-unsaturated/α-hetero) is 1. The van der Waals surface area contributed by atoms with Gasteiger partial charge in [-0.2, -0.15) is 0 Å². The van der Waals surface area contributed by atoms with Crippen molar-refractivity contribution in [2.24, 2.45) is 5.73 Å². The highest BCUT2D eigenvalue weighted by Gasteiger charge is 2.06. The predicted octanol–water partition coefficient (Wildman–Crippen LogP) is 2.93. The van der Waals surface area contributed by atoms with Gasteiger partial charge in [0.05, 0.1) is 0 Å². The zero-order valence-electron chi connectivity index (χ0n) is 12.5. The van der Waals surface area contributed by atoms with Gasteiger partial charge >= 0.3 is 0 Å². The Bertz CT molecular complexity index is 921. The number of benzene rings is 1. The summed E-state index contributed by atoms with van der Waals surface area (Å²) < 4.78 is 0. The van der Waals surface area contributed by atoms with Gasteiger partial charge in [-0.3, -0.25) is 9.59 Å². The molecule has 0 aliphatic carbocycles. The van der Waals surface area contributed by atoms with Crippen LogP contribution >= 0.6 is 0 Å². The summed E-state index contributed by atoms with van der Waals surface area (Å²) in [5.74, 6) is -0.460. The van der Waals surface area contributed by atoms with E-state index in [1.165, 1.54) is 6.08 Å². The molecule has 0 spiro atoms.